The molecule has 0 saturated heterocycles. The minimum atomic E-state index is -2.84. The number of alkyl halides is 2. The summed E-state index contributed by atoms with van der Waals surface area (Å²) in [6, 6.07) is 2.96. The molecule has 0 aliphatic carbocycles. The molecule has 0 aliphatic rings. The number of ether oxygens (including phenoxy) is 2. The van der Waals surface area contributed by atoms with Crippen LogP contribution in [0.5, 0.6) is 11.5 Å². The minimum Gasteiger partial charge on any atom is -0.496 e. The van der Waals surface area contributed by atoms with Gasteiger partial charge >= 0.3 is 6.61 Å². The fourth-order valence-electron chi connectivity index (χ4n) is 0.853. The lowest BCUT2D eigenvalue weighted by Gasteiger charge is -2.09. The third kappa shape index (κ3) is 2.81. The first kappa shape index (κ1) is 11.7. The van der Waals surface area contributed by atoms with Crippen molar-refractivity contribution in [2.45, 2.75) is 6.61 Å². The molecule has 0 aliphatic heterocycles. The summed E-state index contributed by atoms with van der Waals surface area (Å²) in [4.78, 5) is 0. The number of methoxy groups -OCH3 is 1. The fraction of sp³-hybridized carbons (Fsp3) is 0.250. The highest BCUT2D eigenvalue weighted by molar-refractivity contribution is 9.11. The second-order valence-electron chi connectivity index (χ2n) is 2.30. The van der Waals surface area contributed by atoms with Crippen molar-refractivity contribution >= 4 is 31.9 Å². The maximum Gasteiger partial charge on any atom is 0.387 e. The Balaban J connectivity index is 3.02. The van der Waals surface area contributed by atoms with Crippen LogP contribution in [0.15, 0.2) is 21.1 Å². The minimum absolute atomic E-state index is 0.0627. The van der Waals surface area contributed by atoms with E-state index in [2.05, 4.69) is 36.6 Å². The molecule has 14 heavy (non-hydrogen) atoms. The van der Waals surface area contributed by atoms with E-state index in [1.54, 1.807) is 6.07 Å². The zero-order valence-corrected chi connectivity index (χ0v) is 10.2. The van der Waals surface area contributed by atoms with Crippen molar-refractivity contribution < 1.29 is 18.3 Å². The summed E-state index contributed by atoms with van der Waals surface area (Å²) in [5, 5.41) is 0. The maximum absolute atomic E-state index is 11.9. The summed E-state index contributed by atoms with van der Waals surface area (Å²) >= 11 is 6.25. The lowest BCUT2D eigenvalue weighted by atomic mass is 10.3. The van der Waals surface area contributed by atoms with E-state index in [1.165, 1.54) is 13.2 Å². The highest BCUT2D eigenvalue weighted by Crippen LogP contribution is 2.36. The number of halogens is 4. The third-order valence-corrected chi connectivity index (χ3v) is 2.66. The van der Waals surface area contributed by atoms with Crippen molar-refractivity contribution in [3.63, 3.8) is 0 Å². The van der Waals surface area contributed by atoms with Gasteiger partial charge in [-0.15, -0.1) is 0 Å². The van der Waals surface area contributed by atoms with Crippen molar-refractivity contribution in [1.82, 2.24) is 0 Å². The second kappa shape index (κ2) is 4.93. The Morgan fingerprint density at radius 3 is 2.14 bits per heavy atom. The molecular formula is C8H6Br2F2O2. The summed E-state index contributed by atoms with van der Waals surface area (Å²) in [6.07, 6.45) is 0. The summed E-state index contributed by atoms with van der Waals surface area (Å²) in [5.74, 6) is 0.603. The van der Waals surface area contributed by atoms with Gasteiger partial charge in [0.1, 0.15) is 11.5 Å². The highest BCUT2D eigenvalue weighted by Gasteiger charge is 2.11. The van der Waals surface area contributed by atoms with E-state index in [4.69, 9.17) is 4.74 Å². The molecule has 0 amide bonds. The van der Waals surface area contributed by atoms with E-state index < -0.39 is 6.61 Å². The van der Waals surface area contributed by atoms with Crippen LogP contribution in [0.3, 0.4) is 0 Å². The smallest absolute Gasteiger partial charge is 0.387 e. The summed E-state index contributed by atoms with van der Waals surface area (Å²) in [6.45, 7) is -2.84. The quantitative estimate of drug-likeness (QED) is 0.838. The van der Waals surface area contributed by atoms with Gasteiger partial charge in [0.25, 0.3) is 0 Å². The van der Waals surface area contributed by atoms with E-state index >= 15 is 0 Å². The predicted molar refractivity (Wildman–Crippen MR) is 55.0 cm³/mol. The van der Waals surface area contributed by atoms with Crippen LogP contribution in [-0.4, -0.2) is 13.7 Å². The van der Waals surface area contributed by atoms with E-state index in [-0.39, 0.29) is 5.75 Å². The Morgan fingerprint density at radius 2 is 1.64 bits per heavy atom. The molecule has 0 spiro atoms. The molecule has 78 valence electrons. The number of hydrogen-bond donors (Lipinski definition) is 0. The Hall–Kier alpha value is -0.360. The summed E-state index contributed by atoms with van der Waals surface area (Å²) < 4.78 is 34.0. The molecular weight excluding hydrogens is 326 g/mol. The van der Waals surface area contributed by atoms with Crippen LogP contribution in [0.1, 0.15) is 0 Å². The van der Waals surface area contributed by atoms with Gasteiger partial charge in [-0.25, -0.2) is 0 Å². The summed E-state index contributed by atoms with van der Waals surface area (Å²) in [5.41, 5.74) is 0. The molecule has 0 aromatic heterocycles. The van der Waals surface area contributed by atoms with Crippen LogP contribution < -0.4 is 9.47 Å². The molecule has 0 N–H and O–H groups in total. The molecule has 0 fully saturated rings. The molecule has 2 nitrogen and oxygen atoms in total. The second-order valence-corrected chi connectivity index (χ2v) is 4.00. The van der Waals surface area contributed by atoms with Gasteiger partial charge in [-0.1, -0.05) is 0 Å². The highest BCUT2D eigenvalue weighted by atomic mass is 79.9. The van der Waals surface area contributed by atoms with Crippen LogP contribution in [0, 0.1) is 0 Å². The normalized spacial score (nSPS) is 10.4. The first-order valence-electron chi connectivity index (χ1n) is 3.52. The molecule has 0 heterocycles. The molecule has 1 rings (SSSR count). The first-order chi connectivity index (χ1) is 6.54. The van der Waals surface area contributed by atoms with Crippen molar-refractivity contribution in [3.05, 3.63) is 21.1 Å². The molecule has 0 bridgehead atoms. The average molecular weight is 332 g/mol. The maximum atomic E-state index is 11.9. The van der Waals surface area contributed by atoms with E-state index in [1.807, 2.05) is 0 Å². The molecule has 0 saturated carbocycles. The van der Waals surface area contributed by atoms with Gasteiger partial charge < -0.3 is 9.47 Å². The van der Waals surface area contributed by atoms with Crippen LogP contribution in [0.2, 0.25) is 0 Å². The van der Waals surface area contributed by atoms with E-state index in [0.717, 1.165) is 0 Å². The van der Waals surface area contributed by atoms with Crippen LogP contribution in [0.4, 0.5) is 8.78 Å². The fourth-order valence-corrected chi connectivity index (χ4v) is 1.75. The Morgan fingerprint density at radius 1 is 1.14 bits per heavy atom. The standard InChI is InChI=1S/C8H6Br2F2O2/c1-13-6-2-5(10)7(3-4(6)9)14-8(11)12/h2-3,8H,1H3. The van der Waals surface area contributed by atoms with Gasteiger partial charge in [0.05, 0.1) is 16.1 Å². The molecule has 0 atom stereocenters. The number of rotatable bonds is 3. The first-order valence-corrected chi connectivity index (χ1v) is 5.11. The molecule has 0 radical (unpaired) electrons. The zero-order valence-electron chi connectivity index (χ0n) is 7.06. The molecule has 0 unspecified atom stereocenters. The average Bonchev–Trinajstić information content (AvgIpc) is 2.10. The van der Waals surface area contributed by atoms with Crippen LogP contribution >= 0.6 is 31.9 Å². The van der Waals surface area contributed by atoms with Crippen molar-refractivity contribution in [1.29, 1.82) is 0 Å². The van der Waals surface area contributed by atoms with Gasteiger partial charge in [-0.3, -0.25) is 0 Å². The zero-order chi connectivity index (χ0) is 10.7. The van der Waals surface area contributed by atoms with Gasteiger partial charge in [-0.05, 0) is 44.0 Å². The van der Waals surface area contributed by atoms with Gasteiger partial charge in [0.2, 0.25) is 0 Å². The lowest BCUT2D eigenvalue weighted by Crippen LogP contribution is -2.02. The van der Waals surface area contributed by atoms with Crippen molar-refractivity contribution in [2.75, 3.05) is 7.11 Å². The Labute approximate surface area is 96.5 Å². The lowest BCUT2D eigenvalue weighted by molar-refractivity contribution is -0.0504. The largest absolute Gasteiger partial charge is 0.496 e. The topological polar surface area (TPSA) is 18.5 Å². The number of benzene rings is 1. The van der Waals surface area contributed by atoms with Gasteiger partial charge in [0, 0.05) is 0 Å². The Bertz CT molecular complexity index is 331. The van der Waals surface area contributed by atoms with Gasteiger partial charge in [-0.2, -0.15) is 8.78 Å². The monoisotopic (exact) mass is 330 g/mol. The SMILES string of the molecule is COc1cc(Br)c(OC(F)F)cc1Br. The molecule has 1 aromatic carbocycles. The van der Waals surface area contributed by atoms with Crippen molar-refractivity contribution in [3.8, 4) is 11.5 Å². The Kier molecular flexibility index (Phi) is 4.12. The molecule has 1 aromatic rings. The summed E-state index contributed by atoms with van der Waals surface area (Å²) in [7, 11) is 1.49. The van der Waals surface area contributed by atoms with Crippen LogP contribution in [-0.2, 0) is 0 Å². The predicted octanol–water partition coefficient (Wildman–Crippen LogP) is 3.82. The van der Waals surface area contributed by atoms with E-state index in [0.29, 0.717) is 14.7 Å². The third-order valence-electron chi connectivity index (χ3n) is 1.42. The van der Waals surface area contributed by atoms with Crippen LogP contribution in [0.25, 0.3) is 0 Å². The van der Waals surface area contributed by atoms with E-state index in [9.17, 15) is 8.78 Å². The molecule has 6 heteroatoms. The van der Waals surface area contributed by atoms with Crippen molar-refractivity contribution in [2.24, 2.45) is 0 Å². The number of hydrogen-bond acceptors (Lipinski definition) is 2. The van der Waals surface area contributed by atoms with Gasteiger partial charge in [0.15, 0.2) is 0 Å².